The van der Waals surface area contributed by atoms with Crippen molar-refractivity contribution in [1.29, 1.82) is 0 Å². The van der Waals surface area contributed by atoms with Crippen LogP contribution in [0.15, 0.2) is 16.6 Å². The lowest BCUT2D eigenvalue weighted by atomic mass is 10.1. The highest BCUT2D eigenvalue weighted by Crippen LogP contribution is 2.16. The molecular weight excluding hydrogens is 248 g/mol. The summed E-state index contributed by atoms with van der Waals surface area (Å²) in [5, 5.41) is 6.44. The highest BCUT2D eigenvalue weighted by molar-refractivity contribution is 7.09. The summed E-state index contributed by atoms with van der Waals surface area (Å²) in [5.74, 6) is 1.58. The second kappa shape index (κ2) is 6.70. The van der Waals surface area contributed by atoms with Crippen LogP contribution >= 0.6 is 11.3 Å². The Kier molecular flexibility index (Phi) is 4.95. The molecule has 1 unspecified atom stereocenters. The molecule has 2 rings (SSSR count). The zero-order valence-corrected chi connectivity index (χ0v) is 11.7. The maximum atomic E-state index is 5.21. The van der Waals surface area contributed by atoms with Crippen molar-refractivity contribution in [1.82, 2.24) is 15.2 Å². The van der Waals surface area contributed by atoms with Gasteiger partial charge in [-0.15, -0.1) is 11.3 Å². The molecule has 0 saturated carbocycles. The molecule has 1 fully saturated rings. The quantitative estimate of drug-likeness (QED) is 0.658. The van der Waals surface area contributed by atoms with E-state index in [0.29, 0.717) is 5.92 Å². The summed E-state index contributed by atoms with van der Waals surface area (Å²) in [5.41, 5.74) is 0. The number of hydrogen-bond acceptors (Lipinski definition) is 4. The molecule has 1 saturated heterocycles. The lowest BCUT2D eigenvalue weighted by Crippen LogP contribution is -2.39. The molecule has 100 valence electrons. The van der Waals surface area contributed by atoms with Crippen molar-refractivity contribution in [3.63, 3.8) is 0 Å². The van der Waals surface area contributed by atoms with Gasteiger partial charge in [0.15, 0.2) is 5.96 Å². The summed E-state index contributed by atoms with van der Waals surface area (Å²) in [6.45, 7) is 3.65. The van der Waals surface area contributed by atoms with E-state index in [1.807, 2.05) is 18.6 Å². The van der Waals surface area contributed by atoms with Crippen LogP contribution in [0.4, 0.5) is 0 Å². The first kappa shape index (κ1) is 13.3. The van der Waals surface area contributed by atoms with Crippen molar-refractivity contribution in [2.45, 2.75) is 13.0 Å². The molecule has 0 amide bonds. The van der Waals surface area contributed by atoms with Gasteiger partial charge < -0.3 is 15.0 Å². The monoisotopic (exact) mass is 268 g/mol. The molecule has 2 heterocycles. The van der Waals surface area contributed by atoms with Crippen molar-refractivity contribution in [2.75, 3.05) is 33.9 Å². The van der Waals surface area contributed by atoms with Gasteiger partial charge in [0.2, 0.25) is 0 Å². The van der Waals surface area contributed by atoms with E-state index in [1.54, 1.807) is 18.4 Å². The van der Waals surface area contributed by atoms with E-state index in [4.69, 9.17) is 4.74 Å². The maximum Gasteiger partial charge on any atom is 0.194 e. The van der Waals surface area contributed by atoms with Gasteiger partial charge in [0, 0.05) is 44.7 Å². The summed E-state index contributed by atoms with van der Waals surface area (Å²) in [7, 11) is 3.59. The van der Waals surface area contributed by atoms with Crippen LogP contribution in [0.1, 0.15) is 11.4 Å². The molecule has 0 spiro atoms. The van der Waals surface area contributed by atoms with Crippen LogP contribution in [0.3, 0.4) is 0 Å². The van der Waals surface area contributed by atoms with Gasteiger partial charge in [0.1, 0.15) is 5.01 Å². The van der Waals surface area contributed by atoms with Crippen LogP contribution in [0.2, 0.25) is 0 Å². The predicted molar refractivity (Wildman–Crippen MR) is 73.9 cm³/mol. The summed E-state index contributed by atoms with van der Waals surface area (Å²) >= 11 is 1.66. The summed E-state index contributed by atoms with van der Waals surface area (Å²) < 4.78 is 5.21. The van der Waals surface area contributed by atoms with Crippen molar-refractivity contribution in [3.8, 4) is 0 Å². The molecule has 1 atom stereocenters. The van der Waals surface area contributed by atoms with Crippen LogP contribution in [0.25, 0.3) is 0 Å². The fourth-order valence-corrected chi connectivity index (χ4v) is 2.78. The third-order valence-electron chi connectivity index (χ3n) is 3.08. The van der Waals surface area contributed by atoms with E-state index in [2.05, 4.69) is 20.2 Å². The van der Waals surface area contributed by atoms with Gasteiger partial charge in [-0.2, -0.15) is 0 Å². The van der Waals surface area contributed by atoms with Gasteiger partial charge in [-0.05, 0) is 6.42 Å². The van der Waals surface area contributed by atoms with Gasteiger partial charge in [0.25, 0.3) is 0 Å². The number of methoxy groups -OCH3 is 1. The van der Waals surface area contributed by atoms with E-state index in [-0.39, 0.29) is 0 Å². The third-order valence-corrected chi connectivity index (χ3v) is 3.86. The van der Waals surface area contributed by atoms with Crippen molar-refractivity contribution >= 4 is 17.3 Å². The Morgan fingerprint density at radius 3 is 3.28 bits per heavy atom. The van der Waals surface area contributed by atoms with Crippen LogP contribution in [0.5, 0.6) is 0 Å². The van der Waals surface area contributed by atoms with Crippen LogP contribution in [0, 0.1) is 5.92 Å². The molecule has 1 N–H and O–H groups in total. The lowest BCUT2D eigenvalue weighted by molar-refractivity contribution is 0.157. The Hall–Kier alpha value is -1.14. The van der Waals surface area contributed by atoms with E-state index < -0.39 is 0 Å². The molecule has 6 heteroatoms. The number of nitrogens with one attached hydrogen (secondary N) is 1. The molecule has 0 aliphatic carbocycles. The Morgan fingerprint density at radius 1 is 1.72 bits per heavy atom. The van der Waals surface area contributed by atoms with Crippen molar-refractivity contribution < 1.29 is 4.74 Å². The number of aliphatic imine (C=N–C) groups is 1. The zero-order chi connectivity index (χ0) is 12.8. The number of aromatic nitrogens is 1. The van der Waals surface area contributed by atoms with Gasteiger partial charge in [-0.3, -0.25) is 4.99 Å². The average molecular weight is 268 g/mol. The minimum absolute atomic E-state index is 0.619. The second-order valence-electron chi connectivity index (χ2n) is 4.38. The highest BCUT2D eigenvalue weighted by atomic mass is 32.1. The Labute approximate surface area is 112 Å². The van der Waals surface area contributed by atoms with Gasteiger partial charge >= 0.3 is 0 Å². The smallest absolute Gasteiger partial charge is 0.194 e. The first-order valence-electron chi connectivity index (χ1n) is 6.16. The first-order valence-corrected chi connectivity index (χ1v) is 7.04. The first-order chi connectivity index (χ1) is 8.83. The van der Waals surface area contributed by atoms with E-state index >= 15 is 0 Å². The largest absolute Gasteiger partial charge is 0.384 e. The standard InChI is InChI=1S/C12H20N4OS/c1-13-12(15-7-11-14-4-6-18-11)16-5-3-10(8-16)9-17-2/h4,6,10H,3,5,7-9H2,1-2H3,(H,13,15). The number of hydrogen-bond donors (Lipinski definition) is 1. The lowest BCUT2D eigenvalue weighted by Gasteiger charge is -2.21. The average Bonchev–Trinajstić information content (AvgIpc) is 3.02. The second-order valence-corrected chi connectivity index (χ2v) is 5.36. The van der Waals surface area contributed by atoms with Gasteiger partial charge in [-0.1, -0.05) is 0 Å². The zero-order valence-electron chi connectivity index (χ0n) is 10.9. The molecule has 5 nitrogen and oxygen atoms in total. The number of rotatable bonds is 4. The van der Waals surface area contributed by atoms with Crippen LogP contribution in [-0.2, 0) is 11.3 Å². The Balaban J connectivity index is 1.82. The summed E-state index contributed by atoms with van der Waals surface area (Å²) in [4.78, 5) is 10.9. The molecule has 1 aromatic heterocycles. The number of guanidine groups is 1. The van der Waals surface area contributed by atoms with E-state index in [9.17, 15) is 0 Å². The molecule has 1 aliphatic rings. The molecular formula is C12H20N4OS. The summed E-state index contributed by atoms with van der Waals surface area (Å²) in [6.07, 6.45) is 3.00. The number of ether oxygens (including phenoxy) is 1. The SMILES string of the molecule is CN=C(NCc1nccs1)N1CCC(COC)C1. The minimum Gasteiger partial charge on any atom is -0.384 e. The molecule has 0 aromatic carbocycles. The molecule has 0 radical (unpaired) electrons. The van der Waals surface area contributed by atoms with Gasteiger partial charge in [-0.25, -0.2) is 4.98 Å². The Bertz CT molecular complexity index is 379. The molecule has 0 bridgehead atoms. The Morgan fingerprint density at radius 2 is 2.61 bits per heavy atom. The normalized spacial score (nSPS) is 20.4. The van der Waals surface area contributed by atoms with Crippen molar-refractivity contribution in [2.24, 2.45) is 10.9 Å². The van der Waals surface area contributed by atoms with E-state index in [0.717, 1.165) is 37.2 Å². The number of thiazole rings is 1. The number of likely N-dealkylation sites (tertiary alicyclic amines) is 1. The predicted octanol–water partition coefficient (Wildman–Crippen LogP) is 1.19. The van der Waals surface area contributed by atoms with Crippen LogP contribution < -0.4 is 5.32 Å². The molecule has 18 heavy (non-hydrogen) atoms. The van der Waals surface area contributed by atoms with Crippen LogP contribution in [-0.4, -0.2) is 49.7 Å². The van der Waals surface area contributed by atoms with Gasteiger partial charge in [0.05, 0.1) is 13.2 Å². The van der Waals surface area contributed by atoms with E-state index in [1.165, 1.54) is 6.42 Å². The fourth-order valence-electron chi connectivity index (χ4n) is 2.22. The van der Waals surface area contributed by atoms with Crippen molar-refractivity contribution in [3.05, 3.63) is 16.6 Å². The summed E-state index contributed by atoms with van der Waals surface area (Å²) in [6, 6.07) is 0. The highest BCUT2D eigenvalue weighted by Gasteiger charge is 2.24. The minimum atomic E-state index is 0.619. The number of nitrogens with zero attached hydrogens (tertiary/aromatic N) is 3. The molecule has 1 aromatic rings. The topological polar surface area (TPSA) is 49.8 Å². The third kappa shape index (κ3) is 3.43. The molecule has 1 aliphatic heterocycles. The fraction of sp³-hybridized carbons (Fsp3) is 0.667. The maximum absolute atomic E-state index is 5.21.